The Bertz CT molecular complexity index is 593. The molecular formula is C11H13NO6S. The molecule has 1 aromatic carbocycles. The molecule has 0 aliphatic rings. The quantitative estimate of drug-likeness (QED) is 0.601. The van der Waals surface area contributed by atoms with Crippen LogP contribution in [0.1, 0.15) is 5.56 Å². The number of aromatic hydroxyl groups is 1. The fourth-order valence-electron chi connectivity index (χ4n) is 1.13. The lowest BCUT2D eigenvalue weighted by Crippen LogP contribution is -2.24. The molecule has 0 heterocycles. The van der Waals surface area contributed by atoms with Crippen LogP contribution < -0.4 is 8.91 Å². The van der Waals surface area contributed by atoms with Crippen molar-refractivity contribution < 1.29 is 27.2 Å². The van der Waals surface area contributed by atoms with E-state index in [1.807, 2.05) is 4.72 Å². The van der Waals surface area contributed by atoms with E-state index < -0.39 is 16.3 Å². The number of benzene rings is 1. The monoisotopic (exact) mass is 287 g/mol. The fourth-order valence-corrected chi connectivity index (χ4v) is 1.60. The number of esters is 1. The minimum Gasteiger partial charge on any atom is -0.508 e. The second-order valence-electron chi connectivity index (χ2n) is 3.32. The third-order valence-electron chi connectivity index (χ3n) is 2.04. The summed E-state index contributed by atoms with van der Waals surface area (Å²) in [7, 11) is -1.53. The van der Waals surface area contributed by atoms with Crippen molar-refractivity contribution in [1.29, 1.82) is 0 Å². The van der Waals surface area contributed by atoms with Gasteiger partial charge in [0.15, 0.2) is 5.75 Å². The van der Waals surface area contributed by atoms with Gasteiger partial charge in [0.2, 0.25) is 0 Å². The third kappa shape index (κ3) is 4.60. The Morgan fingerprint density at radius 3 is 2.68 bits per heavy atom. The lowest BCUT2D eigenvalue weighted by Gasteiger charge is -2.08. The Kier molecular flexibility index (Phi) is 4.90. The molecule has 19 heavy (non-hydrogen) atoms. The van der Waals surface area contributed by atoms with E-state index in [0.29, 0.717) is 0 Å². The van der Waals surface area contributed by atoms with Crippen molar-refractivity contribution in [3.8, 4) is 11.5 Å². The summed E-state index contributed by atoms with van der Waals surface area (Å²) in [5.41, 5.74) is 0.212. The smallest absolute Gasteiger partial charge is 0.382 e. The molecule has 2 N–H and O–H groups in total. The summed E-state index contributed by atoms with van der Waals surface area (Å²) in [5.74, 6) is -0.753. The van der Waals surface area contributed by atoms with Crippen molar-refractivity contribution in [2.75, 3.05) is 14.2 Å². The summed E-state index contributed by atoms with van der Waals surface area (Å²) >= 11 is 0. The van der Waals surface area contributed by atoms with Gasteiger partial charge in [-0.15, -0.1) is 0 Å². The Labute approximate surface area is 110 Å². The van der Waals surface area contributed by atoms with Gasteiger partial charge in [0, 0.05) is 18.7 Å². The predicted molar refractivity (Wildman–Crippen MR) is 67.8 cm³/mol. The molecule has 0 atom stereocenters. The SMILES string of the molecule is CNS(=O)(=O)Oc1ccc(O)cc1/C=C/C(=O)OC. The first-order valence-corrected chi connectivity index (χ1v) is 6.51. The Morgan fingerprint density at radius 2 is 2.11 bits per heavy atom. The van der Waals surface area contributed by atoms with Crippen molar-refractivity contribution in [3.63, 3.8) is 0 Å². The normalized spacial score (nSPS) is 11.5. The van der Waals surface area contributed by atoms with Crippen LogP contribution >= 0.6 is 0 Å². The molecule has 1 rings (SSSR count). The van der Waals surface area contributed by atoms with E-state index in [1.54, 1.807) is 0 Å². The predicted octanol–water partition coefficient (Wildman–Crippen LogP) is 0.421. The zero-order chi connectivity index (χ0) is 14.5. The summed E-state index contributed by atoms with van der Waals surface area (Å²) in [6.45, 7) is 0. The van der Waals surface area contributed by atoms with Crippen LogP contribution in [0, 0.1) is 0 Å². The van der Waals surface area contributed by atoms with E-state index in [0.717, 1.165) is 6.08 Å². The van der Waals surface area contributed by atoms with E-state index in [4.69, 9.17) is 4.18 Å². The van der Waals surface area contributed by atoms with Crippen LogP contribution in [-0.2, 0) is 19.8 Å². The zero-order valence-electron chi connectivity index (χ0n) is 10.3. The summed E-state index contributed by atoms with van der Waals surface area (Å²) in [4.78, 5) is 11.0. The molecule has 0 unspecified atom stereocenters. The average Bonchev–Trinajstić information content (AvgIpc) is 2.38. The molecule has 0 aliphatic carbocycles. The molecule has 0 spiro atoms. The van der Waals surface area contributed by atoms with Gasteiger partial charge >= 0.3 is 16.3 Å². The van der Waals surface area contributed by atoms with Gasteiger partial charge in [-0.25, -0.2) is 4.79 Å². The number of carbonyl (C=O) groups excluding carboxylic acids is 1. The van der Waals surface area contributed by atoms with Crippen molar-refractivity contribution >= 4 is 22.3 Å². The van der Waals surface area contributed by atoms with Gasteiger partial charge in [0.25, 0.3) is 0 Å². The van der Waals surface area contributed by atoms with Crippen LogP contribution in [-0.4, -0.2) is 33.7 Å². The standard InChI is InChI=1S/C11H13NO6S/c1-12-19(15,16)18-10-5-4-9(13)7-8(10)3-6-11(14)17-2/h3-7,12-13H,1-2H3/b6-3+. The van der Waals surface area contributed by atoms with Crippen molar-refractivity contribution in [2.45, 2.75) is 0 Å². The second kappa shape index (κ2) is 6.21. The summed E-state index contributed by atoms with van der Waals surface area (Å²) < 4.78 is 33.7. The third-order valence-corrected chi connectivity index (χ3v) is 2.94. The number of methoxy groups -OCH3 is 1. The van der Waals surface area contributed by atoms with Gasteiger partial charge < -0.3 is 14.0 Å². The van der Waals surface area contributed by atoms with E-state index in [2.05, 4.69) is 4.74 Å². The first kappa shape index (κ1) is 15.0. The Morgan fingerprint density at radius 1 is 1.42 bits per heavy atom. The summed E-state index contributed by atoms with van der Waals surface area (Å²) in [6, 6.07) is 3.77. The summed E-state index contributed by atoms with van der Waals surface area (Å²) in [6.07, 6.45) is 2.35. The number of hydrogen-bond donors (Lipinski definition) is 2. The van der Waals surface area contributed by atoms with Gasteiger partial charge in [0.05, 0.1) is 7.11 Å². The molecule has 0 radical (unpaired) electrons. The topological polar surface area (TPSA) is 102 Å². The highest BCUT2D eigenvalue weighted by Crippen LogP contribution is 2.25. The van der Waals surface area contributed by atoms with Gasteiger partial charge in [0.1, 0.15) is 5.75 Å². The van der Waals surface area contributed by atoms with Gasteiger partial charge in [-0.1, -0.05) is 0 Å². The molecule has 1 aromatic rings. The highest BCUT2D eigenvalue weighted by atomic mass is 32.2. The van der Waals surface area contributed by atoms with Crippen LogP contribution in [0.5, 0.6) is 11.5 Å². The van der Waals surface area contributed by atoms with Crippen LogP contribution in [0.15, 0.2) is 24.3 Å². The lowest BCUT2D eigenvalue weighted by atomic mass is 10.2. The lowest BCUT2D eigenvalue weighted by molar-refractivity contribution is -0.134. The van der Waals surface area contributed by atoms with E-state index in [-0.39, 0.29) is 17.1 Å². The van der Waals surface area contributed by atoms with Crippen molar-refractivity contribution in [1.82, 2.24) is 4.72 Å². The maximum absolute atomic E-state index is 11.3. The molecule has 0 bridgehead atoms. The number of rotatable bonds is 5. The second-order valence-corrected chi connectivity index (χ2v) is 4.80. The minimum absolute atomic E-state index is 0.0349. The van der Waals surface area contributed by atoms with Gasteiger partial charge in [-0.2, -0.15) is 13.1 Å². The van der Waals surface area contributed by atoms with Crippen LogP contribution in [0.2, 0.25) is 0 Å². The molecule has 104 valence electrons. The molecule has 0 aromatic heterocycles. The molecule has 8 heteroatoms. The first-order valence-electron chi connectivity index (χ1n) is 5.10. The largest absolute Gasteiger partial charge is 0.508 e. The molecular weight excluding hydrogens is 274 g/mol. The molecule has 7 nitrogen and oxygen atoms in total. The minimum atomic E-state index is -3.93. The van der Waals surface area contributed by atoms with Crippen molar-refractivity contribution in [3.05, 3.63) is 29.8 Å². The number of nitrogens with one attached hydrogen (secondary N) is 1. The maximum Gasteiger partial charge on any atom is 0.382 e. The average molecular weight is 287 g/mol. The van der Waals surface area contributed by atoms with Gasteiger partial charge in [-0.05, 0) is 24.3 Å². The first-order chi connectivity index (χ1) is 8.88. The molecule has 0 fully saturated rings. The molecule has 0 saturated carbocycles. The molecule has 0 amide bonds. The van der Waals surface area contributed by atoms with Crippen molar-refractivity contribution in [2.24, 2.45) is 0 Å². The maximum atomic E-state index is 11.3. The fraction of sp³-hybridized carbons (Fsp3) is 0.182. The summed E-state index contributed by atoms with van der Waals surface area (Å²) in [5, 5.41) is 9.34. The molecule has 0 saturated heterocycles. The number of phenols is 1. The number of hydrogen-bond acceptors (Lipinski definition) is 6. The number of carbonyl (C=O) groups is 1. The van der Waals surface area contributed by atoms with Crippen LogP contribution in [0.3, 0.4) is 0 Å². The van der Waals surface area contributed by atoms with E-state index >= 15 is 0 Å². The Balaban J connectivity index is 3.12. The van der Waals surface area contributed by atoms with Crippen LogP contribution in [0.4, 0.5) is 0 Å². The number of phenolic OH excluding ortho intramolecular Hbond substituents is 1. The highest BCUT2D eigenvalue weighted by molar-refractivity contribution is 7.85. The van der Waals surface area contributed by atoms with E-state index in [9.17, 15) is 18.3 Å². The molecule has 0 aliphatic heterocycles. The Hall–Kier alpha value is -2.06. The van der Waals surface area contributed by atoms with Gasteiger partial charge in [-0.3, -0.25) is 0 Å². The van der Waals surface area contributed by atoms with E-state index in [1.165, 1.54) is 38.4 Å². The number of ether oxygens (including phenoxy) is 1. The highest BCUT2D eigenvalue weighted by Gasteiger charge is 2.12. The van der Waals surface area contributed by atoms with Crippen LogP contribution in [0.25, 0.3) is 6.08 Å². The zero-order valence-corrected chi connectivity index (χ0v) is 11.1.